The van der Waals surface area contributed by atoms with Crippen LogP contribution in [0.4, 0.5) is 0 Å². The molecule has 1 heterocycles. The highest BCUT2D eigenvalue weighted by atomic mass is 16.5. The topological polar surface area (TPSA) is 88.4 Å². The summed E-state index contributed by atoms with van der Waals surface area (Å²) in [5.41, 5.74) is 1.51. The van der Waals surface area contributed by atoms with Gasteiger partial charge in [-0.05, 0) is 24.1 Å². The second-order valence-corrected chi connectivity index (χ2v) is 5.37. The SMILES string of the molecule is COc1c(O)ccc(C2COc3c(ccc(O)c3OC)C2)c1O. The average molecular weight is 318 g/mol. The average Bonchev–Trinajstić information content (AvgIpc) is 2.55. The Morgan fingerprint density at radius 2 is 1.61 bits per heavy atom. The van der Waals surface area contributed by atoms with E-state index in [2.05, 4.69) is 0 Å². The molecule has 1 aliphatic rings. The van der Waals surface area contributed by atoms with E-state index in [0.29, 0.717) is 30.1 Å². The van der Waals surface area contributed by atoms with Gasteiger partial charge in [0, 0.05) is 11.5 Å². The minimum absolute atomic E-state index is 0.0267. The van der Waals surface area contributed by atoms with E-state index in [0.717, 1.165) is 5.56 Å². The van der Waals surface area contributed by atoms with Crippen LogP contribution in [0, 0.1) is 0 Å². The van der Waals surface area contributed by atoms with Gasteiger partial charge in [0.25, 0.3) is 0 Å². The van der Waals surface area contributed by atoms with E-state index in [1.807, 2.05) is 0 Å². The van der Waals surface area contributed by atoms with Crippen LogP contribution in [-0.2, 0) is 6.42 Å². The molecule has 0 saturated heterocycles. The van der Waals surface area contributed by atoms with E-state index in [9.17, 15) is 15.3 Å². The number of phenols is 3. The van der Waals surface area contributed by atoms with Crippen molar-refractivity contribution in [3.05, 3.63) is 35.4 Å². The van der Waals surface area contributed by atoms with Crippen LogP contribution in [-0.4, -0.2) is 36.1 Å². The van der Waals surface area contributed by atoms with E-state index in [1.54, 1.807) is 18.2 Å². The van der Waals surface area contributed by atoms with Gasteiger partial charge in [0.1, 0.15) is 0 Å². The molecule has 1 aliphatic heterocycles. The molecule has 0 spiro atoms. The molecular formula is C17H18O6. The Morgan fingerprint density at radius 3 is 2.30 bits per heavy atom. The highest BCUT2D eigenvalue weighted by molar-refractivity contribution is 5.59. The van der Waals surface area contributed by atoms with Crippen LogP contribution in [0.5, 0.6) is 34.5 Å². The molecule has 6 heteroatoms. The molecular weight excluding hydrogens is 300 g/mol. The molecule has 1 unspecified atom stereocenters. The summed E-state index contributed by atoms with van der Waals surface area (Å²) in [6.07, 6.45) is 0.605. The predicted octanol–water partition coefficient (Wildman–Crippen LogP) is 2.54. The van der Waals surface area contributed by atoms with Crippen molar-refractivity contribution in [3.63, 3.8) is 0 Å². The fourth-order valence-electron chi connectivity index (χ4n) is 2.92. The monoisotopic (exact) mass is 318 g/mol. The summed E-state index contributed by atoms with van der Waals surface area (Å²) >= 11 is 0. The maximum atomic E-state index is 10.3. The van der Waals surface area contributed by atoms with Crippen molar-refractivity contribution in [2.24, 2.45) is 0 Å². The third-order valence-corrected chi connectivity index (χ3v) is 4.06. The Bertz CT molecular complexity index is 740. The number of rotatable bonds is 3. The van der Waals surface area contributed by atoms with E-state index < -0.39 is 0 Å². The van der Waals surface area contributed by atoms with Gasteiger partial charge in [-0.3, -0.25) is 0 Å². The molecule has 0 amide bonds. The third kappa shape index (κ3) is 2.46. The molecule has 1 atom stereocenters. The van der Waals surface area contributed by atoms with Crippen LogP contribution in [0.25, 0.3) is 0 Å². The van der Waals surface area contributed by atoms with Gasteiger partial charge in [0.05, 0.1) is 20.8 Å². The third-order valence-electron chi connectivity index (χ3n) is 4.06. The highest BCUT2D eigenvalue weighted by Gasteiger charge is 2.28. The van der Waals surface area contributed by atoms with Gasteiger partial charge < -0.3 is 29.5 Å². The summed E-state index contributed by atoms with van der Waals surface area (Å²) in [5, 5.41) is 29.8. The first-order valence-corrected chi connectivity index (χ1v) is 7.17. The highest BCUT2D eigenvalue weighted by Crippen LogP contribution is 2.47. The van der Waals surface area contributed by atoms with Crippen LogP contribution in [0.3, 0.4) is 0 Å². The normalized spacial score (nSPS) is 16.3. The minimum Gasteiger partial charge on any atom is -0.504 e. The van der Waals surface area contributed by atoms with Gasteiger partial charge in [-0.15, -0.1) is 0 Å². The summed E-state index contributed by atoms with van der Waals surface area (Å²) in [4.78, 5) is 0. The summed E-state index contributed by atoms with van der Waals surface area (Å²) in [6.45, 7) is 0.314. The Morgan fingerprint density at radius 1 is 0.957 bits per heavy atom. The quantitative estimate of drug-likeness (QED) is 0.806. The van der Waals surface area contributed by atoms with Crippen molar-refractivity contribution < 1.29 is 29.5 Å². The van der Waals surface area contributed by atoms with Crippen LogP contribution in [0.15, 0.2) is 24.3 Å². The van der Waals surface area contributed by atoms with Crippen molar-refractivity contribution in [3.8, 4) is 34.5 Å². The molecule has 3 N–H and O–H groups in total. The Balaban J connectivity index is 1.97. The van der Waals surface area contributed by atoms with Gasteiger partial charge in [-0.1, -0.05) is 12.1 Å². The maximum Gasteiger partial charge on any atom is 0.203 e. The predicted molar refractivity (Wildman–Crippen MR) is 82.9 cm³/mol. The Kier molecular flexibility index (Phi) is 3.82. The summed E-state index contributed by atoms with van der Waals surface area (Å²) in [6, 6.07) is 6.47. The number of aromatic hydroxyl groups is 3. The first-order valence-electron chi connectivity index (χ1n) is 7.17. The van der Waals surface area contributed by atoms with Crippen molar-refractivity contribution in [1.29, 1.82) is 0 Å². The lowest BCUT2D eigenvalue weighted by Crippen LogP contribution is -2.20. The molecule has 0 aromatic heterocycles. The first-order chi connectivity index (χ1) is 11.1. The van der Waals surface area contributed by atoms with Crippen LogP contribution in [0.1, 0.15) is 17.0 Å². The summed E-state index contributed by atoms with van der Waals surface area (Å²) in [5.74, 6) is 0.608. The number of fused-ring (bicyclic) bond motifs is 1. The van der Waals surface area contributed by atoms with E-state index in [-0.39, 0.29) is 28.9 Å². The Hall–Kier alpha value is -2.76. The Labute approximate surface area is 133 Å². The number of benzene rings is 2. The standard InChI is InChI=1S/C17H18O6/c1-21-16-12(18)6-4-11(14(16)20)10-7-9-3-5-13(19)17(22-2)15(9)23-8-10/h3-6,10,18-20H,7-8H2,1-2H3. The molecule has 122 valence electrons. The van der Waals surface area contributed by atoms with Gasteiger partial charge in [0.15, 0.2) is 23.0 Å². The largest absolute Gasteiger partial charge is 0.504 e. The zero-order valence-corrected chi connectivity index (χ0v) is 12.9. The fourth-order valence-corrected chi connectivity index (χ4v) is 2.92. The summed E-state index contributed by atoms with van der Waals surface area (Å²) < 4.78 is 16.0. The lowest BCUT2D eigenvalue weighted by Gasteiger charge is -2.28. The second kappa shape index (κ2) is 5.79. The lowest BCUT2D eigenvalue weighted by atomic mass is 9.89. The number of phenolic OH excluding ortho intramolecular Hbond substituents is 3. The van der Waals surface area contributed by atoms with E-state index in [4.69, 9.17) is 14.2 Å². The number of ether oxygens (including phenoxy) is 3. The van der Waals surface area contributed by atoms with Gasteiger partial charge in [-0.25, -0.2) is 0 Å². The van der Waals surface area contributed by atoms with E-state index >= 15 is 0 Å². The first kappa shape index (κ1) is 15.1. The smallest absolute Gasteiger partial charge is 0.203 e. The zero-order chi connectivity index (χ0) is 16.6. The van der Waals surface area contributed by atoms with Crippen molar-refractivity contribution in [2.75, 3.05) is 20.8 Å². The number of hydrogen-bond acceptors (Lipinski definition) is 6. The number of methoxy groups -OCH3 is 2. The van der Waals surface area contributed by atoms with Crippen molar-refractivity contribution in [1.82, 2.24) is 0 Å². The van der Waals surface area contributed by atoms with Crippen LogP contribution < -0.4 is 14.2 Å². The van der Waals surface area contributed by atoms with E-state index in [1.165, 1.54) is 20.3 Å². The van der Waals surface area contributed by atoms with Gasteiger partial charge >= 0.3 is 0 Å². The molecule has 0 fully saturated rings. The molecule has 0 bridgehead atoms. The minimum atomic E-state index is -0.113. The molecule has 6 nitrogen and oxygen atoms in total. The van der Waals surface area contributed by atoms with Crippen LogP contribution >= 0.6 is 0 Å². The van der Waals surface area contributed by atoms with Crippen LogP contribution in [0.2, 0.25) is 0 Å². The lowest BCUT2D eigenvalue weighted by molar-refractivity contribution is 0.240. The molecule has 0 saturated carbocycles. The fraction of sp³-hybridized carbons (Fsp3) is 0.294. The molecule has 2 aromatic rings. The molecule has 0 aliphatic carbocycles. The zero-order valence-electron chi connectivity index (χ0n) is 12.9. The maximum absolute atomic E-state index is 10.3. The molecule has 23 heavy (non-hydrogen) atoms. The van der Waals surface area contributed by atoms with Crippen molar-refractivity contribution >= 4 is 0 Å². The molecule has 3 rings (SSSR count). The van der Waals surface area contributed by atoms with Gasteiger partial charge in [-0.2, -0.15) is 0 Å². The number of hydrogen-bond donors (Lipinski definition) is 3. The summed E-state index contributed by atoms with van der Waals surface area (Å²) in [7, 11) is 2.86. The van der Waals surface area contributed by atoms with Crippen molar-refractivity contribution in [2.45, 2.75) is 12.3 Å². The molecule has 0 radical (unpaired) electrons. The van der Waals surface area contributed by atoms with Gasteiger partial charge in [0.2, 0.25) is 11.5 Å². The second-order valence-electron chi connectivity index (χ2n) is 5.37. The molecule has 2 aromatic carbocycles.